The number of aliphatic hydroxyl groups excluding tert-OH is 1. The molecule has 0 rings (SSSR count). The van der Waals surface area contributed by atoms with Crippen LogP contribution in [-0.4, -0.2) is 16.5 Å². The van der Waals surface area contributed by atoms with E-state index >= 15 is 0 Å². The molecule has 0 aliphatic rings. The molecule has 0 saturated carbocycles. The van der Waals surface area contributed by atoms with Crippen molar-refractivity contribution in [2.75, 3.05) is 5.33 Å². The Kier molecular flexibility index (Phi) is 3.74. The molecule has 0 radical (unpaired) electrons. The van der Waals surface area contributed by atoms with Gasteiger partial charge >= 0.3 is 0 Å². The monoisotopic (exact) mass is 194 g/mol. The Balaban J connectivity index is 3.47. The van der Waals surface area contributed by atoms with Crippen molar-refractivity contribution in [2.24, 2.45) is 5.41 Å². The first-order valence-electron chi connectivity index (χ1n) is 3.20. The number of hydrogen-bond acceptors (Lipinski definition) is 1. The van der Waals surface area contributed by atoms with E-state index in [0.717, 1.165) is 6.42 Å². The fourth-order valence-electron chi connectivity index (χ4n) is 0.761. The van der Waals surface area contributed by atoms with Gasteiger partial charge in [-0.05, 0) is 11.8 Å². The van der Waals surface area contributed by atoms with Crippen LogP contribution in [0.5, 0.6) is 0 Å². The van der Waals surface area contributed by atoms with Crippen LogP contribution >= 0.6 is 15.9 Å². The maximum Gasteiger partial charge on any atom is 0.0642 e. The molecule has 0 aromatic heterocycles. The van der Waals surface area contributed by atoms with E-state index in [4.69, 9.17) is 5.11 Å². The van der Waals surface area contributed by atoms with Crippen molar-refractivity contribution >= 4 is 15.9 Å². The van der Waals surface area contributed by atoms with Crippen LogP contribution in [0.4, 0.5) is 0 Å². The predicted octanol–water partition coefficient (Wildman–Crippen LogP) is 2.18. The Morgan fingerprint density at radius 3 is 2.00 bits per heavy atom. The summed E-state index contributed by atoms with van der Waals surface area (Å²) >= 11 is 3.22. The lowest BCUT2D eigenvalue weighted by molar-refractivity contribution is 0.143. The van der Waals surface area contributed by atoms with Gasteiger partial charge in [0.05, 0.1) is 6.10 Å². The highest BCUT2D eigenvalue weighted by Gasteiger charge is 2.14. The molecule has 1 nitrogen and oxygen atoms in total. The van der Waals surface area contributed by atoms with Crippen molar-refractivity contribution in [3.63, 3.8) is 0 Å². The Morgan fingerprint density at radius 1 is 1.44 bits per heavy atom. The summed E-state index contributed by atoms with van der Waals surface area (Å²) in [7, 11) is 0. The molecule has 2 heteroatoms. The third-order valence-corrected chi connectivity index (χ3v) is 1.77. The van der Waals surface area contributed by atoms with Gasteiger partial charge in [0.2, 0.25) is 0 Å². The van der Waals surface area contributed by atoms with Crippen molar-refractivity contribution in [1.29, 1.82) is 0 Å². The molecular formula is C7H15BrO. The molecule has 56 valence electrons. The van der Waals surface area contributed by atoms with Crippen LogP contribution in [0.2, 0.25) is 0 Å². The highest BCUT2D eigenvalue weighted by atomic mass is 79.9. The van der Waals surface area contributed by atoms with Crippen molar-refractivity contribution in [1.82, 2.24) is 0 Å². The summed E-state index contributed by atoms with van der Waals surface area (Å²) in [5.41, 5.74) is 0.243. The van der Waals surface area contributed by atoms with Crippen molar-refractivity contribution in [3.05, 3.63) is 0 Å². The van der Waals surface area contributed by atoms with Gasteiger partial charge in [-0.3, -0.25) is 0 Å². The quantitative estimate of drug-likeness (QED) is 0.669. The van der Waals surface area contributed by atoms with E-state index in [1.807, 2.05) is 0 Å². The Morgan fingerprint density at radius 2 is 1.89 bits per heavy atom. The molecule has 1 atom stereocenters. The number of alkyl halides is 1. The standard InChI is InChI=1S/C7H15BrO/c1-7(2,3)4-6(9)5-8/h6,9H,4-5H2,1-3H3. The second kappa shape index (κ2) is 3.57. The molecule has 0 bridgehead atoms. The van der Waals surface area contributed by atoms with Gasteiger partial charge in [-0.2, -0.15) is 0 Å². The second-order valence-corrected chi connectivity index (χ2v) is 4.22. The molecular weight excluding hydrogens is 180 g/mol. The van der Waals surface area contributed by atoms with Crippen LogP contribution in [0.3, 0.4) is 0 Å². The zero-order valence-corrected chi connectivity index (χ0v) is 7.90. The lowest BCUT2D eigenvalue weighted by Crippen LogP contribution is -2.18. The minimum atomic E-state index is -0.190. The van der Waals surface area contributed by atoms with Gasteiger partial charge in [0.15, 0.2) is 0 Å². The summed E-state index contributed by atoms with van der Waals surface area (Å²) in [5, 5.41) is 9.83. The topological polar surface area (TPSA) is 20.2 Å². The van der Waals surface area contributed by atoms with Crippen molar-refractivity contribution in [2.45, 2.75) is 33.3 Å². The normalized spacial score (nSPS) is 15.7. The highest BCUT2D eigenvalue weighted by molar-refractivity contribution is 9.09. The average molecular weight is 195 g/mol. The Hall–Kier alpha value is 0.440. The maximum absolute atomic E-state index is 9.15. The summed E-state index contributed by atoms with van der Waals surface area (Å²) in [5.74, 6) is 0. The lowest BCUT2D eigenvalue weighted by Gasteiger charge is -2.20. The largest absolute Gasteiger partial charge is 0.392 e. The van der Waals surface area contributed by atoms with Crippen molar-refractivity contribution < 1.29 is 5.11 Å². The van der Waals surface area contributed by atoms with E-state index in [2.05, 4.69) is 36.7 Å². The molecule has 0 aliphatic carbocycles. The third kappa shape index (κ3) is 6.32. The number of hydrogen-bond donors (Lipinski definition) is 1. The van der Waals surface area contributed by atoms with Crippen LogP contribution in [0.15, 0.2) is 0 Å². The third-order valence-electron chi connectivity index (χ3n) is 1.03. The van der Waals surface area contributed by atoms with E-state index < -0.39 is 0 Å². The number of halogens is 1. The van der Waals surface area contributed by atoms with Crippen LogP contribution in [0.1, 0.15) is 27.2 Å². The van der Waals surface area contributed by atoms with Crippen LogP contribution in [-0.2, 0) is 0 Å². The first kappa shape index (κ1) is 9.44. The molecule has 0 aromatic rings. The molecule has 0 aliphatic heterocycles. The van der Waals surface area contributed by atoms with Gasteiger partial charge < -0.3 is 5.11 Å². The second-order valence-electron chi connectivity index (χ2n) is 3.57. The molecule has 9 heavy (non-hydrogen) atoms. The Bertz CT molecular complexity index is 75.5. The fourth-order valence-corrected chi connectivity index (χ4v) is 0.990. The molecule has 0 spiro atoms. The molecule has 0 aromatic carbocycles. The van der Waals surface area contributed by atoms with E-state index in [0.29, 0.717) is 5.33 Å². The van der Waals surface area contributed by atoms with Gasteiger partial charge in [0, 0.05) is 5.33 Å². The minimum absolute atomic E-state index is 0.190. The van der Waals surface area contributed by atoms with Crippen LogP contribution < -0.4 is 0 Å². The lowest BCUT2D eigenvalue weighted by atomic mass is 9.90. The van der Waals surface area contributed by atoms with E-state index in [-0.39, 0.29) is 11.5 Å². The summed E-state index contributed by atoms with van der Waals surface area (Å²) in [4.78, 5) is 0. The number of aliphatic hydroxyl groups is 1. The van der Waals surface area contributed by atoms with E-state index in [1.165, 1.54) is 0 Å². The van der Waals surface area contributed by atoms with Crippen LogP contribution in [0, 0.1) is 5.41 Å². The van der Waals surface area contributed by atoms with Gasteiger partial charge in [0.1, 0.15) is 0 Å². The number of rotatable bonds is 2. The molecule has 1 unspecified atom stereocenters. The first-order valence-corrected chi connectivity index (χ1v) is 4.32. The fraction of sp³-hybridized carbons (Fsp3) is 1.00. The maximum atomic E-state index is 9.15. The smallest absolute Gasteiger partial charge is 0.0642 e. The SMILES string of the molecule is CC(C)(C)CC(O)CBr. The van der Waals surface area contributed by atoms with Gasteiger partial charge in [0.25, 0.3) is 0 Å². The molecule has 1 N–H and O–H groups in total. The average Bonchev–Trinajstić information content (AvgIpc) is 1.62. The summed E-state index contributed by atoms with van der Waals surface area (Å²) in [6.45, 7) is 6.37. The van der Waals surface area contributed by atoms with E-state index in [9.17, 15) is 0 Å². The Labute approximate surface area is 65.6 Å². The van der Waals surface area contributed by atoms with Gasteiger partial charge in [-0.15, -0.1) is 0 Å². The summed E-state index contributed by atoms with van der Waals surface area (Å²) in [6, 6.07) is 0. The van der Waals surface area contributed by atoms with Gasteiger partial charge in [-0.25, -0.2) is 0 Å². The highest BCUT2D eigenvalue weighted by Crippen LogP contribution is 2.21. The van der Waals surface area contributed by atoms with E-state index in [1.54, 1.807) is 0 Å². The minimum Gasteiger partial charge on any atom is -0.392 e. The first-order chi connectivity index (χ1) is 3.95. The summed E-state index contributed by atoms with van der Waals surface area (Å²) < 4.78 is 0. The molecule has 0 saturated heterocycles. The predicted molar refractivity (Wildman–Crippen MR) is 43.9 cm³/mol. The van der Waals surface area contributed by atoms with Crippen molar-refractivity contribution in [3.8, 4) is 0 Å². The van der Waals surface area contributed by atoms with Crippen LogP contribution in [0.25, 0.3) is 0 Å². The zero-order chi connectivity index (χ0) is 7.49. The van der Waals surface area contributed by atoms with Gasteiger partial charge in [-0.1, -0.05) is 36.7 Å². The molecule has 0 fully saturated rings. The zero-order valence-electron chi connectivity index (χ0n) is 6.32. The molecule has 0 amide bonds. The summed E-state index contributed by atoms with van der Waals surface area (Å²) in [6.07, 6.45) is 0.670. The molecule has 0 heterocycles.